The minimum absolute atomic E-state index is 0.184. The van der Waals surface area contributed by atoms with Crippen molar-refractivity contribution < 1.29 is 9.90 Å². The van der Waals surface area contributed by atoms with Crippen LogP contribution >= 0.6 is 0 Å². The number of β-amino-alcohol motifs (C(OH)–C–C–N with tert-alkyl or cyclic N) is 1. The SMILES string of the molecule is CC1CCN(C(=O)C2(CN)CCCC2)CC1O. The van der Waals surface area contributed by atoms with Crippen molar-refractivity contribution in [3.63, 3.8) is 0 Å². The molecule has 0 aromatic rings. The number of piperidine rings is 1. The lowest BCUT2D eigenvalue weighted by atomic mass is 9.83. The Morgan fingerprint density at radius 2 is 2.12 bits per heavy atom. The highest BCUT2D eigenvalue weighted by molar-refractivity contribution is 5.83. The molecule has 17 heavy (non-hydrogen) atoms. The monoisotopic (exact) mass is 240 g/mol. The number of carbonyl (C=O) groups is 1. The van der Waals surface area contributed by atoms with Crippen molar-refractivity contribution >= 4 is 5.91 Å². The van der Waals surface area contributed by atoms with Crippen LogP contribution in [0.2, 0.25) is 0 Å². The first-order valence-electron chi connectivity index (χ1n) is 6.76. The molecule has 1 heterocycles. The van der Waals surface area contributed by atoms with Crippen LogP contribution in [-0.2, 0) is 4.79 Å². The van der Waals surface area contributed by atoms with E-state index in [2.05, 4.69) is 0 Å². The maximum Gasteiger partial charge on any atom is 0.230 e. The van der Waals surface area contributed by atoms with Gasteiger partial charge in [0.05, 0.1) is 11.5 Å². The highest BCUT2D eigenvalue weighted by Gasteiger charge is 2.43. The van der Waals surface area contributed by atoms with Crippen LogP contribution < -0.4 is 5.73 Å². The van der Waals surface area contributed by atoms with Crippen LogP contribution in [-0.4, -0.2) is 41.7 Å². The van der Waals surface area contributed by atoms with Crippen LogP contribution in [0.4, 0.5) is 0 Å². The lowest BCUT2D eigenvalue weighted by molar-refractivity contribution is -0.145. The average molecular weight is 240 g/mol. The van der Waals surface area contributed by atoms with Gasteiger partial charge in [0, 0.05) is 19.6 Å². The van der Waals surface area contributed by atoms with Gasteiger partial charge in [-0.15, -0.1) is 0 Å². The Labute approximate surface area is 103 Å². The number of nitrogens with zero attached hydrogens (tertiary/aromatic N) is 1. The molecule has 2 fully saturated rings. The van der Waals surface area contributed by atoms with Gasteiger partial charge in [0.1, 0.15) is 0 Å². The van der Waals surface area contributed by atoms with E-state index in [-0.39, 0.29) is 17.4 Å². The highest BCUT2D eigenvalue weighted by atomic mass is 16.3. The molecule has 4 heteroatoms. The van der Waals surface area contributed by atoms with E-state index < -0.39 is 0 Å². The molecule has 3 N–H and O–H groups in total. The predicted octanol–water partition coefficient (Wildman–Crippen LogP) is 0.735. The number of nitrogens with two attached hydrogens (primary N) is 1. The molecule has 1 aliphatic carbocycles. The quantitative estimate of drug-likeness (QED) is 0.748. The van der Waals surface area contributed by atoms with Crippen LogP contribution in [0.5, 0.6) is 0 Å². The van der Waals surface area contributed by atoms with E-state index in [1.807, 2.05) is 11.8 Å². The van der Waals surface area contributed by atoms with Crippen LogP contribution in [0, 0.1) is 11.3 Å². The van der Waals surface area contributed by atoms with Gasteiger partial charge in [-0.3, -0.25) is 4.79 Å². The van der Waals surface area contributed by atoms with Gasteiger partial charge < -0.3 is 15.7 Å². The topological polar surface area (TPSA) is 66.6 Å². The molecule has 1 saturated carbocycles. The zero-order valence-corrected chi connectivity index (χ0v) is 10.7. The van der Waals surface area contributed by atoms with Crippen LogP contribution in [0.15, 0.2) is 0 Å². The van der Waals surface area contributed by atoms with Crippen LogP contribution in [0.1, 0.15) is 39.0 Å². The van der Waals surface area contributed by atoms with Crippen molar-refractivity contribution in [3.05, 3.63) is 0 Å². The van der Waals surface area contributed by atoms with E-state index in [1.165, 1.54) is 0 Å². The third kappa shape index (κ3) is 2.33. The van der Waals surface area contributed by atoms with Crippen molar-refractivity contribution in [3.8, 4) is 0 Å². The Hall–Kier alpha value is -0.610. The average Bonchev–Trinajstić information content (AvgIpc) is 2.81. The van der Waals surface area contributed by atoms with Crippen LogP contribution in [0.25, 0.3) is 0 Å². The maximum absolute atomic E-state index is 12.5. The second kappa shape index (κ2) is 4.94. The zero-order valence-electron chi connectivity index (χ0n) is 10.7. The van der Waals surface area contributed by atoms with E-state index in [4.69, 9.17) is 5.73 Å². The number of rotatable bonds is 2. The van der Waals surface area contributed by atoms with E-state index >= 15 is 0 Å². The van der Waals surface area contributed by atoms with E-state index in [0.29, 0.717) is 19.0 Å². The molecule has 2 rings (SSSR count). The zero-order chi connectivity index (χ0) is 12.5. The van der Waals surface area contributed by atoms with Gasteiger partial charge in [0.25, 0.3) is 0 Å². The number of likely N-dealkylation sites (tertiary alicyclic amines) is 1. The molecule has 98 valence electrons. The molecule has 0 bridgehead atoms. The summed E-state index contributed by atoms with van der Waals surface area (Å²) in [5.74, 6) is 0.486. The maximum atomic E-state index is 12.5. The predicted molar refractivity (Wildman–Crippen MR) is 66.3 cm³/mol. The van der Waals surface area contributed by atoms with Gasteiger partial charge in [-0.25, -0.2) is 0 Å². The first kappa shape index (κ1) is 12.8. The van der Waals surface area contributed by atoms with Crippen molar-refractivity contribution in [2.24, 2.45) is 17.1 Å². The van der Waals surface area contributed by atoms with Gasteiger partial charge >= 0.3 is 0 Å². The Morgan fingerprint density at radius 1 is 1.47 bits per heavy atom. The summed E-state index contributed by atoms with van der Waals surface area (Å²) < 4.78 is 0. The molecule has 1 saturated heterocycles. The number of carbonyl (C=O) groups excluding carboxylic acids is 1. The summed E-state index contributed by atoms with van der Waals surface area (Å²) in [6, 6.07) is 0. The molecule has 0 aromatic heterocycles. The van der Waals surface area contributed by atoms with Gasteiger partial charge in [0.15, 0.2) is 0 Å². The second-order valence-corrected chi connectivity index (χ2v) is 5.78. The van der Waals surface area contributed by atoms with Gasteiger partial charge in [-0.1, -0.05) is 19.8 Å². The van der Waals surface area contributed by atoms with Gasteiger partial charge in [0.2, 0.25) is 5.91 Å². The van der Waals surface area contributed by atoms with Crippen molar-refractivity contribution in [2.45, 2.75) is 45.1 Å². The summed E-state index contributed by atoms with van der Waals surface area (Å²) in [5.41, 5.74) is 5.51. The minimum atomic E-state index is -0.371. The van der Waals surface area contributed by atoms with E-state index in [9.17, 15) is 9.90 Å². The molecule has 1 aliphatic heterocycles. The summed E-state index contributed by atoms with van der Waals surface area (Å²) in [4.78, 5) is 14.4. The summed E-state index contributed by atoms with van der Waals surface area (Å²) in [5, 5.41) is 9.87. The minimum Gasteiger partial charge on any atom is -0.391 e. The Bertz CT molecular complexity index is 287. The molecular weight excluding hydrogens is 216 g/mol. The van der Waals surface area contributed by atoms with Gasteiger partial charge in [-0.05, 0) is 25.2 Å². The van der Waals surface area contributed by atoms with Crippen LogP contribution in [0.3, 0.4) is 0 Å². The fourth-order valence-electron chi connectivity index (χ4n) is 3.13. The van der Waals surface area contributed by atoms with Crippen molar-refractivity contribution in [1.82, 2.24) is 4.90 Å². The molecule has 2 atom stereocenters. The number of hydrogen-bond donors (Lipinski definition) is 2. The first-order valence-corrected chi connectivity index (χ1v) is 6.76. The third-order valence-electron chi connectivity index (χ3n) is 4.61. The molecule has 2 aliphatic rings. The Kier molecular flexibility index (Phi) is 3.73. The lowest BCUT2D eigenvalue weighted by Crippen LogP contribution is -2.52. The smallest absolute Gasteiger partial charge is 0.230 e. The Balaban J connectivity index is 2.04. The first-order chi connectivity index (χ1) is 8.09. The largest absolute Gasteiger partial charge is 0.391 e. The number of aliphatic hydroxyl groups is 1. The van der Waals surface area contributed by atoms with Gasteiger partial charge in [-0.2, -0.15) is 0 Å². The normalized spacial score (nSPS) is 32.8. The molecular formula is C13H24N2O2. The summed E-state index contributed by atoms with van der Waals surface area (Å²) >= 11 is 0. The number of aliphatic hydroxyl groups excluding tert-OH is 1. The fraction of sp³-hybridized carbons (Fsp3) is 0.923. The lowest BCUT2D eigenvalue weighted by Gasteiger charge is -2.39. The molecule has 1 amide bonds. The molecule has 4 nitrogen and oxygen atoms in total. The number of amides is 1. The summed E-state index contributed by atoms with van der Waals surface area (Å²) in [6.45, 7) is 3.76. The standard InChI is InChI=1S/C13H24N2O2/c1-10-4-7-15(8-11(10)16)12(17)13(9-14)5-2-3-6-13/h10-11,16H,2-9,14H2,1H3. The highest BCUT2D eigenvalue weighted by Crippen LogP contribution is 2.39. The van der Waals surface area contributed by atoms with Crippen molar-refractivity contribution in [2.75, 3.05) is 19.6 Å². The second-order valence-electron chi connectivity index (χ2n) is 5.78. The molecule has 0 aromatic carbocycles. The Morgan fingerprint density at radius 3 is 2.65 bits per heavy atom. The third-order valence-corrected chi connectivity index (χ3v) is 4.61. The molecule has 0 radical (unpaired) electrons. The summed E-state index contributed by atoms with van der Waals surface area (Å²) in [7, 11) is 0. The number of hydrogen-bond acceptors (Lipinski definition) is 3. The van der Waals surface area contributed by atoms with Crippen molar-refractivity contribution in [1.29, 1.82) is 0 Å². The molecule has 0 spiro atoms. The van der Waals surface area contributed by atoms with E-state index in [0.717, 1.165) is 38.6 Å². The van der Waals surface area contributed by atoms with E-state index in [1.54, 1.807) is 0 Å². The molecule has 2 unspecified atom stereocenters. The fourth-order valence-corrected chi connectivity index (χ4v) is 3.13. The summed E-state index contributed by atoms with van der Waals surface area (Å²) in [6.07, 6.45) is 4.58.